The van der Waals surface area contributed by atoms with Crippen molar-refractivity contribution >= 4 is 29.9 Å². The van der Waals surface area contributed by atoms with Crippen LogP contribution in [0.25, 0.3) is 6.08 Å². The zero-order valence-corrected chi connectivity index (χ0v) is 17.6. The minimum atomic E-state index is -1.08. The molecule has 162 valence electrons. The number of rotatable bonds is 6. The Hall–Kier alpha value is -3.16. The average molecular weight is 417 g/mol. The molecule has 1 aliphatic heterocycles. The molecule has 0 saturated carbocycles. The van der Waals surface area contributed by atoms with Gasteiger partial charge >= 0.3 is 18.0 Å². The fourth-order valence-electron chi connectivity index (χ4n) is 3.09. The number of nitrogens with zero attached hydrogens (tertiary/aromatic N) is 1. The molecule has 1 aliphatic rings. The Bertz CT molecular complexity index is 849. The van der Waals surface area contributed by atoms with E-state index in [1.165, 1.54) is 35.2 Å². The fourth-order valence-corrected chi connectivity index (χ4v) is 3.09. The summed E-state index contributed by atoms with van der Waals surface area (Å²) in [5.41, 5.74) is -0.347. The van der Waals surface area contributed by atoms with Crippen molar-refractivity contribution in [3.05, 3.63) is 41.0 Å². The molecule has 1 aromatic rings. The highest BCUT2D eigenvalue weighted by Gasteiger charge is 2.39. The number of esters is 1. The Balaban J connectivity index is 2.33. The van der Waals surface area contributed by atoms with Gasteiger partial charge in [0.05, 0.1) is 18.2 Å². The number of ketones is 1. The quantitative estimate of drug-likeness (QED) is 0.327. The van der Waals surface area contributed by atoms with E-state index in [0.29, 0.717) is 24.9 Å². The van der Waals surface area contributed by atoms with Crippen molar-refractivity contribution < 1.29 is 33.8 Å². The second-order valence-electron chi connectivity index (χ2n) is 7.90. The van der Waals surface area contributed by atoms with Crippen molar-refractivity contribution in [2.45, 2.75) is 52.2 Å². The van der Waals surface area contributed by atoms with E-state index in [-0.39, 0.29) is 17.7 Å². The van der Waals surface area contributed by atoms with E-state index in [1.54, 1.807) is 27.7 Å². The predicted molar refractivity (Wildman–Crippen MR) is 109 cm³/mol. The van der Waals surface area contributed by atoms with Gasteiger partial charge in [-0.1, -0.05) is 12.1 Å². The Morgan fingerprint density at radius 2 is 1.80 bits per heavy atom. The van der Waals surface area contributed by atoms with Crippen molar-refractivity contribution in [3.63, 3.8) is 0 Å². The first-order valence-electron chi connectivity index (χ1n) is 9.79. The Kier molecular flexibility index (Phi) is 7.37. The Labute approximate surface area is 175 Å². The monoisotopic (exact) mass is 417 g/mol. The number of likely N-dealkylation sites (tertiary alicyclic amines) is 1. The number of hydrogen-bond donors (Lipinski definition) is 1. The van der Waals surface area contributed by atoms with Gasteiger partial charge in [0.2, 0.25) is 0 Å². The molecule has 30 heavy (non-hydrogen) atoms. The molecule has 1 N–H and O–H groups in total. The van der Waals surface area contributed by atoms with Gasteiger partial charge in [-0.15, -0.1) is 0 Å². The molecule has 0 bridgehead atoms. The lowest BCUT2D eigenvalue weighted by Gasteiger charge is -2.28. The smallest absolute Gasteiger partial charge is 0.410 e. The standard InChI is InChI=1S/C22H27NO7/c1-5-29-20(27)16(13-14-8-10-15(11-9-14)19(25)26)18(24)17-7-6-12-23(17)21(28)30-22(2,3)4/h8-11,13,17H,5-7,12H2,1-4H3,(H,25,26). The number of carboxylic acids is 1. The third kappa shape index (κ3) is 5.92. The van der Waals surface area contributed by atoms with Crippen LogP contribution in [0.1, 0.15) is 56.5 Å². The summed E-state index contributed by atoms with van der Waals surface area (Å²) in [5.74, 6) is -2.40. The molecule has 2 rings (SSSR count). The van der Waals surface area contributed by atoms with Crippen LogP contribution in [-0.2, 0) is 19.1 Å². The third-order valence-electron chi connectivity index (χ3n) is 4.41. The van der Waals surface area contributed by atoms with Crippen LogP contribution in [-0.4, -0.2) is 58.6 Å². The van der Waals surface area contributed by atoms with E-state index < -0.39 is 35.5 Å². The summed E-state index contributed by atoms with van der Waals surface area (Å²) in [6.45, 7) is 7.29. The van der Waals surface area contributed by atoms with Gasteiger partial charge in [0.25, 0.3) is 0 Å². The number of Topliss-reactive ketones (excluding diaryl/α,β-unsaturated/α-hetero) is 1. The average Bonchev–Trinajstić information content (AvgIpc) is 3.15. The van der Waals surface area contributed by atoms with Crippen LogP contribution >= 0.6 is 0 Å². The van der Waals surface area contributed by atoms with Gasteiger partial charge < -0.3 is 14.6 Å². The van der Waals surface area contributed by atoms with Gasteiger partial charge in [-0.25, -0.2) is 14.4 Å². The second kappa shape index (κ2) is 9.56. The SMILES string of the molecule is CCOC(=O)C(=Cc1ccc(C(=O)O)cc1)C(=O)C1CCCN1C(=O)OC(C)(C)C. The summed E-state index contributed by atoms with van der Waals surface area (Å²) in [7, 11) is 0. The molecule has 1 atom stereocenters. The van der Waals surface area contributed by atoms with Crippen LogP contribution in [0, 0.1) is 0 Å². The number of carbonyl (C=O) groups is 4. The summed E-state index contributed by atoms with van der Waals surface area (Å²) in [5, 5.41) is 9.02. The highest BCUT2D eigenvalue weighted by atomic mass is 16.6. The van der Waals surface area contributed by atoms with E-state index in [0.717, 1.165) is 0 Å². The van der Waals surface area contributed by atoms with Crippen molar-refractivity contribution in [3.8, 4) is 0 Å². The molecule has 0 aliphatic carbocycles. The molecule has 1 aromatic carbocycles. The molecular formula is C22H27NO7. The normalized spacial score (nSPS) is 16.9. The molecule has 1 saturated heterocycles. The van der Waals surface area contributed by atoms with E-state index in [4.69, 9.17) is 14.6 Å². The van der Waals surface area contributed by atoms with E-state index >= 15 is 0 Å². The van der Waals surface area contributed by atoms with E-state index in [1.807, 2.05) is 0 Å². The van der Waals surface area contributed by atoms with Crippen molar-refractivity contribution in [2.75, 3.05) is 13.2 Å². The molecule has 0 radical (unpaired) electrons. The largest absolute Gasteiger partial charge is 0.478 e. The Morgan fingerprint density at radius 3 is 2.33 bits per heavy atom. The number of aromatic carboxylic acids is 1. The first-order valence-corrected chi connectivity index (χ1v) is 9.79. The van der Waals surface area contributed by atoms with E-state index in [2.05, 4.69) is 0 Å². The maximum atomic E-state index is 13.2. The van der Waals surface area contributed by atoms with Gasteiger partial charge in [0.1, 0.15) is 11.2 Å². The van der Waals surface area contributed by atoms with Crippen LogP contribution in [0.4, 0.5) is 4.79 Å². The van der Waals surface area contributed by atoms with Crippen LogP contribution in [0.5, 0.6) is 0 Å². The lowest BCUT2D eigenvalue weighted by molar-refractivity contribution is -0.140. The molecule has 1 heterocycles. The van der Waals surface area contributed by atoms with Crippen LogP contribution in [0.2, 0.25) is 0 Å². The second-order valence-corrected chi connectivity index (χ2v) is 7.90. The summed E-state index contributed by atoms with van der Waals surface area (Å²) in [6.07, 6.45) is 1.77. The van der Waals surface area contributed by atoms with Crippen LogP contribution in [0.3, 0.4) is 0 Å². The maximum absolute atomic E-state index is 13.2. The van der Waals surface area contributed by atoms with Gasteiger partial charge in [0.15, 0.2) is 5.78 Å². The number of benzene rings is 1. The maximum Gasteiger partial charge on any atom is 0.410 e. The summed E-state index contributed by atoms with van der Waals surface area (Å²) in [4.78, 5) is 50.6. The number of amides is 1. The van der Waals surface area contributed by atoms with Crippen molar-refractivity contribution in [1.29, 1.82) is 0 Å². The van der Waals surface area contributed by atoms with Crippen molar-refractivity contribution in [2.24, 2.45) is 0 Å². The minimum absolute atomic E-state index is 0.0852. The fraction of sp³-hybridized carbons (Fsp3) is 0.455. The van der Waals surface area contributed by atoms with Gasteiger partial charge in [-0.3, -0.25) is 9.69 Å². The zero-order chi connectivity index (χ0) is 22.5. The highest BCUT2D eigenvalue weighted by molar-refractivity contribution is 6.22. The third-order valence-corrected chi connectivity index (χ3v) is 4.41. The van der Waals surface area contributed by atoms with Gasteiger partial charge in [0, 0.05) is 6.54 Å². The lowest BCUT2D eigenvalue weighted by atomic mass is 9.99. The summed E-state index contributed by atoms with van der Waals surface area (Å²) in [6, 6.07) is 4.93. The van der Waals surface area contributed by atoms with E-state index in [9.17, 15) is 19.2 Å². The molecular weight excluding hydrogens is 390 g/mol. The minimum Gasteiger partial charge on any atom is -0.478 e. The van der Waals surface area contributed by atoms with Crippen LogP contribution < -0.4 is 0 Å². The lowest BCUT2D eigenvalue weighted by Crippen LogP contribution is -2.44. The summed E-state index contributed by atoms with van der Waals surface area (Å²) < 4.78 is 10.4. The van der Waals surface area contributed by atoms with Crippen LogP contribution in [0.15, 0.2) is 29.8 Å². The molecule has 0 aromatic heterocycles. The van der Waals surface area contributed by atoms with Gasteiger partial charge in [-0.2, -0.15) is 0 Å². The van der Waals surface area contributed by atoms with Crippen molar-refractivity contribution in [1.82, 2.24) is 4.90 Å². The molecule has 1 unspecified atom stereocenters. The molecule has 8 heteroatoms. The summed E-state index contributed by atoms with van der Waals surface area (Å²) >= 11 is 0. The number of hydrogen-bond acceptors (Lipinski definition) is 6. The molecule has 8 nitrogen and oxygen atoms in total. The predicted octanol–water partition coefficient (Wildman–Crippen LogP) is 3.30. The topological polar surface area (TPSA) is 110 Å². The highest BCUT2D eigenvalue weighted by Crippen LogP contribution is 2.25. The Morgan fingerprint density at radius 1 is 1.17 bits per heavy atom. The number of ether oxygens (including phenoxy) is 2. The molecule has 1 amide bonds. The number of carboxylic acid groups (broad SMARTS) is 1. The first-order chi connectivity index (χ1) is 14.0. The first kappa shape index (κ1) is 23.1. The number of carbonyl (C=O) groups excluding carboxylic acids is 3. The zero-order valence-electron chi connectivity index (χ0n) is 17.6. The molecule has 1 fully saturated rings. The van der Waals surface area contributed by atoms with Gasteiger partial charge in [-0.05, 0) is 64.3 Å². The molecule has 0 spiro atoms.